The summed E-state index contributed by atoms with van der Waals surface area (Å²) >= 11 is 1.55. The smallest absolute Gasteiger partial charge is 0.234 e. The minimum absolute atomic E-state index is 0.0145. The fourth-order valence-electron chi connectivity index (χ4n) is 2.63. The molecule has 1 N–H and O–H groups in total. The Morgan fingerprint density at radius 1 is 1.17 bits per heavy atom. The first kappa shape index (κ1) is 16.9. The number of carbonyl (C=O) groups is 1. The normalized spacial score (nSPS) is 14.5. The van der Waals surface area contributed by atoms with Gasteiger partial charge in [0.05, 0.1) is 19.0 Å². The lowest BCUT2D eigenvalue weighted by Gasteiger charge is -2.28. The minimum atomic E-state index is 0.0145. The fourth-order valence-corrected chi connectivity index (χ4v) is 3.44. The van der Waals surface area contributed by atoms with Gasteiger partial charge in [-0.05, 0) is 43.3 Å². The number of anilines is 2. The first-order valence-electron chi connectivity index (χ1n) is 8.13. The van der Waals surface area contributed by atoms with E-state index in [1.165, 1.54) is 11.3 Å². The van der Waals surface area contributed by atoms with Crippen molar-refractivity contribution in [1.82, 2.24) is 0 Å². The van der Waals surface area contributed by atoms with Gasteiger partial charge in [-0.3, -0.25) is 4.79 Å². The minimum Gasteiger partial charge on any atom is -0.378 e. The number of amides is 1. The molecule has 3 rings (SSSR count). The van der Waals surface area contributed by atoms with Gasteiger partial charge in [0.2, 0.25) is 5.91 Å². The molecule has 126 valence electrons. The van der Waals surface area contributed by atoms with Gasteiger partial charge in [0.25, 0.3) is 0 Å². The number of hydrogen-bond acceptors (Lipinski definition) is 4. The van der Waals surface area contributed by atoms with Crippen molar-refractivity contribution in [3.63, 3.8) is 0 Å². The van der Waals surface area contributed by atoms with Crippen molar-refractivity contribution >= 4 is 29.0 Å². The van der Waals surface area contributed by atoms with Crippen LogP contribution in [0, 0.1) is 6.92 Å². The zero-order chi connectivity index (χ0) is 16.8. The summed E-state index contributed by atoms with van der Waals surface area (Å²) in [5.41, 5.74) is 3.21. The third-order valence-electron chi connectivity index (χ3n) is 3.89. The quantitative estimate of drug-likeness (QED) is 0.844. The van der Waals surface area contributed by atoms with Gasteiger partial charge in [0, 0.05) is 29.4 Å². The summed E-state index contributed by atoms with van der Waals surface area (Å²) in [6.07, 6.45) is 0. The van der Waals surface area contributed by atoms with Crippen LogP contribution < -0.4 is 10.2 Å². The van der Waals surface area contributed by atoms with Crippen LogP contribution in [0.2, 0.25) is 0 Å². The summed E-state index contributed by atoms with van der Waals surface area (Å²) in [4.78, 5) is 15.5. The zero-order valence-corrected chi connectivity index (χ0v) is 14.6. The second-order valence-corrected chi connectivity index (χ2v) is 6.85. The summed E-state index contributed by atoms with van der Waals surface area (Å²) in [5, 5.41) is 2.95. The standard InChI is InChI=1S/C19H22N2O2S/c1-15-3-2-4-18(13-15)24-14-19(22)20-16-5-7-17(8-6-16)21-9-11-23-12-10-21/h2-8,13H,9-12,14H2,1H3,(H,20,22). The second kappa shape index (κ2) is 8.22. The molecule has 0 unspecified atom stereocenters. The summed E-state index contributed by atoms with van der Waals surface area (Å²) in [6, 6.07) is 16.2. The molecule has 0 bridgehead atoms. The lowest BCUT2D eigenvalue weighted by Crippen LogP contribution is -2.36. The zero-order valence-electron chi connectivity index (χ0n) is 13.8. The SMILES string of the molecule is Cc1cccc(SCC(=O)Nc2ccc(N3CCOCC3)cc2)c1. The monoisotopic (exact) mass is 342 g/mol. The van der Waals surface area contributed by atoms with Gasteiger partial charge >= 0.3 is 0 Å². The molecule has 1 heterocycles. The molecule has 1 aliphatic heterocycles. The van der Waals surface area contributed by atoms with Crippen molar-refractivity contribution in [3.8, 4) is 0 Å². The largest absolute Gasteiger partial charge is 0.378 e. The van der Waals surface area contributed by atoms with E-state index in [0.29, 0.717) is 5.75 Å². The molecule has 1 fully saturated rings. The Kier molecular flexibility index (Phi) is 5.77. The number of thioether (sulfide) groups is 1. The lowest BCUT2D eigenvalue weighted by atomic mass is 10.2. The highest BCUT2D eigenvalue weighted by Gasteiger charge is 2.11. The van der Waals surface area contributed by atoms with Crippen LogP contribution in [0.1, 0.15) is 5.56 Å². The highest BCUT2D eigenvalue weighted by Crippen LogP contribution is 2.21. The molecule has 24 heavy (non-hydrogen) atoms. The van der Waals surface area contributed by atoms with E-state index in [-0.39, 0.29) is 5.91 Å². The number of carbonyl (C=O) groups excluding carboxylic acids is 1. The predicted octanol–water partition coefficient (Wildman–Crippen LogP) is 3.56. The number of benzene rings is 2. The first-order chi connectivity index (χ1) is 11.7. The summed E-state index contributed by atoms with van der Waals surface area (Å²) in [6.45, 7) is 5.43. The number of aryl methyl sites for hydroxylation is 1. The number of morpholine rings is 1. The molecular formula is C19H22N2O2S. The molecule has 1 saturated heterocycles. The van der Waals surface area contributed by atoms with Gasteiger partial charge in [-0.15, -0.1) is 11.8 Å². The molecule has 2 aromatic rings. The van der Waals surface area contributed by atoms with Crippen LogP contribution in [0.3, 0.4) is 0 Å². The van der Waals surface area contributed by atoms with Gasteiger partial charge in [0.1, 0.15) is 0 Å². The van der Waals surface area contributed by atoms with E-state index in [2.05, 4.69) is 41.4 Å². The third-order valence-corrected chi connectivity index (χ3v) is 4.88. The molecular weight excluding hydrogens is 320 g/mol. The number of nitrogens with one attached hydrogen (secondary N) is 1. The average molecular weight is 342 g/mol. The summed E-state index contributed by atoms with van der Waals surface area (Å²) in [7, 11) is 0. The van der Waals surface area contributed by atoms with Crippen LogP contribution in [0.25, 0.3) is 0 Å². The van der Waals surface area contributed by atoms with Crippen LogP contribution in [-0.4, -0.2) is 38.0 Å². The Bertz CT molecular complexity index is 682. The van der Waals surface area contributed by atoms with Crippen LogP contribution >= 0.6 is 11.8 Å². The molecule has 0 atom stereocenters. The van der Waals surface area contributed by atoms with E-state index in [1.54, 1.807) is 11.8 Å². The van der Waals surface area contributed by atoms with Crippen molar-refractivity contribution in [2.45, 2.75) is 11.8 Å². The molecule has 0 radical (unpaired) electrons. The van der Waals surface area contributed by atoms with Crippen LogP contribution in [0.15, 0.2) is 53.4 Å². The molecule has 1 amide bonds. The molecule has 5 heteroatoms. The van der Waals surface area contributed by atoms with E-state index in [4.69, 9.17) is 4.74 Å². The molecule has 0 spiro atoms. The number of hydrogen-bond donors (Lipinski definition) is 1. The van der Waals surface area contributed by atoms with Crippen molar-refractivity contribution in [1.29, 1.82) is 0 Å². The van der Waals surface area contributed by atoms with Crippen molar-refractivity contribution in [3.05, 3.63) is 54.1 Å². The molecule has 0 saturated carbocycles. The van der Waals surface area contributed by atoms with E-state index >= 15 is 0 Å². The van der Waals surface area contributed by atoms with E-state index in [1.807, 2.05) is 24.3 Å². The third kappa shape index (κ3) is 4.76. The Hall–Kier alpha value is -1.98. The van der Waals surface area contributed by atoms with Gasteiger partial charge < -0.3 is 15.0 Å². The Morgan fingerprint density at radius 3 is 2.62 bits per heavy atom. The van der Waals surface area contributed by atoms with E-state index in [0.717, 1.165) is 36.9 Å². The maximum absolute atomic E-state index is 12.1. The average Bonchev–Trinajstić information content (AvgIpc) is 2.61. The van der Waals surface area contributed by atoms with Crippen molar-refractivity contribution in [2.24, 2.45) is 0 Å². The Balaban J connectivity index is 1.50. The van der Waals surface area contributed by atoms with E-state index in [9.17, 15) is 4.79 Å². The maximum Gasteiger partial charge on any atom is 0.234 e. The van der Waals surface area contributed by atoms with Gasteiger partial charge in [-0.1, -0.05) is 17.7 Å². The summed E-state index contributed by atoms with van der Waals surface area (Å²) in [5.74, 6) is 0.426. The van der Waals surface area contributed by atoms with Gasteiger partial charge in [-0.25, -0.2) is 0 Å². The van der Waals surface area contributed by atoms with Gasteiger partial charge in [0.15, 0.2) is 0 Å². The highest BCUT2D eigenvalue weighted by molar-refractivity contribution is 8.00. The number of ether oxygens (including phenoxy) is 1. The maximum atomic E-state index is 12.1. The van der Waals surface area contributed by atoms with E-state index < -0.39 is 0 Å². The molecule has 2 aromatic carbocycles. The van der Waals surface area contributed by atoms with Crippen molar-refractivity contribution in [2.75, 3.05) is 42.3 Å². The number of rotatable bonds is 5. The predicted molar refractivity (Wildman–Crippen MR) is 100 cm³/mol. The molecule has 0 aliphatic carbocycles. The van der Waals surface area contributed by atoms with Gasteiger partial charge in [-0.2, -0.15) is 0 Å². The van der Waals surface area contributed by atoms with Crippen LogP contribution in [0.4, 0.5) is 11.4 Å². The second-order valence-electron chi connectivity index (χ2n) is 5.80. The topological polar surface area (TPSA) is 41.6 Å². The molecule has 0 aromatic heterocycles. The molecule has 1 aliphatic rings. The number of nitrogens with zero attached hydrogens (tertiary/aromatic N) is 1. The van der Waals surface area contributed by atoms with Crippen LogP contribution in [-0.2, 0) is 9.53 Å². The first-order valence-corrected chi connectivity index (χ1v) is 9.11. The highest BCUT2D eigenvalue weighted by atomic mass is 32.2. The summed E-state index contributed by atoms with van der Waals surface area (Å²) < 4.78 is 5.37. The lowest BCUT2D eigenvalue weighted by molar-refractivity contribution is -0.113. The van der Waals surface area contributed by atoms with Crippen molar-refractivity contribution < 1.29 is 9.53 Å². The molecule has 4 nitrogen and oxygen atoms in total. The van der Waals surface area contributed by atoms with Crippen LogP contribution in [0.5, 0.6) is 0 Å². The Labute approximate surface area is 147 Å². The fraction of sp³-hybridized carbons (Fsp3) is 0.316. The Morgan fingerprint density at radius 2 is 1.92 bits per heavy atom.